The van der Waals surface area contributed by atoms with Crippen molar-refractivity contribution in [1.82, 2.24) is 5.32 Å². The lowest BCUT2D eigenvalue weighted by molar-refractivity contribution is 0.0481. The second-order valence-corrected chi connectivity index (χ2v) is 5.01. The van der Waals surface area contributed by atoms with Crippen LogP contribution in [0.4, 0.5) is 4.79 Å². The largest absolute Gasteiger partial charge is 0.444 e. The first-order valence-corrected chi connectivity index (χ1v) is 5.36. The Balaban J connectivity index is 4.11. The van der Waals surface area contributed by atoms with Gasteiger partial charge in [-0.2, -0.15) is 0 Å². The summed E-state index contributed by atoms with van der Waals surface area (Å²) in [5.74, 6) is 0.282. The maximum Gasteiger partial charge on any atom is 0.407 e. The van der Waals surface area contributed by atoms with E-state index in [1.807, 2.05) is 34.6 Å². The molecule has 0 aliphatic rings. The summed E-state index contributed by atoms with van der Waals surface area (Å²) in [6.45, 7) is 9.53. The van der Waals surface area contributed by atoms with Crippen molar-refractivity contribution in [2.45, 2.75) is 52.7 Å². The lowest BCUT2D eigenvalue weighted by Crippen LogP contribution is -2.42. The number of hydrogen-bond donors (Lipinski definition) is 2. The van der Waals surface area contributed by atoms with Crippen molar-refractivity contribution in [2.75, 3.05) is 6.61 Å². The van der Waals surface area contributed by atoms with E-state index in [4.69, 9.17) is 9.84 Å². The minimum absolute atomic E-state index is 0.0372. The van der Waals surface area contributed by atoms with E-state index in [1.165, 1.54) is 0 Å². The molecule has 0 aliphatic heterocycles. The van der Waals surface area contributed by atoms with Gasteiger partial charge in [-0.3, -0.25) is 0 Å². The molecule has 1 amide bonds. The highest BCUT2D eigenvalue weighted by Gasteiger charge is 2.20. The van der Waals surface area contributed by atoms with Gasteiger partial charge >= 0.3 is 6.09 Å². The smallest absolute Gasteiger partial charge is 0.407 e. The number of aliphatic hydroxyl groups excluding tert-OH is 1. The minimum Gasteiger partial charge on any atom is -0.444 e. The molecule has 0 radical (unpaired) electrons. The monoisotopic (exact) mass is 217 g/mol. The number of ether oxygens (including phenoxy) is 1. The molecule has 4 heteroatoms. The third kappa shape index (κ3) is 7.19. The van der Waals surface area contributed by atoms with Gasteiger partial charge in [-0.05, 0) is 33.1 Å². The summed E-state index contributed by atoms with van der Waals surface area (Å²) >= 11 is 0. The van der Waals surface area contributed by atoms with Gasteiger partial charge in [0, 0.05) is 12.6 Å². The molecule has 0 aromatic rings. The Labute approximate surface area is 92.0 Å². The first-order chi connectivity index (χ1) is 6.76. The number of hydrogen-bond acceptors (Lipinski definition) is 3. The third-order valence-corrected chi connectivity index (χ3v) is 1.95. The van der Waals surface area contributed by atoms with Crippen molar-refractivity contribution >= 4 is 6.09 Å². The quantitative estimate of drug-likeness (QED) is 0.756. The molecule has 0 saturated carbocycles. The molecule has 0 spiro atoms. The zero-order chi connectivity index (χ0) is 12.1. The van der Waals surface area contributed by atoms with Crippen LogP contribution in [0.5, 0.6) is 0 Å². The van der Waals surface area contributed by atoms with E-state index in [2.05, 4.69) is 5.32 Å². The van der Waals surface area contributed by atoms with Crippen LogP contribution in [0.1, 0.15) is 41.0 Å². The fraction of sp³-hybridized carbons (Fsp3) is 0.909. The summed E-state index contributed by atoms with van der Waals surface area (Å²) in [5, 5.41) is 11.6. The van der Waals surface area contributed by atoms with E-state index in [0.717, 1.165) is 0 Å². The van der Waals surface area contributed by atoms with Crippen molar-refractivity contribution in [3.8, 4) is 0 Å². The molecule has 0 fully saturated rings. The van der Waals surface area contributed by atoms with E-state index in [9.17, 15) is 4.79 Å². The first kappa shape index (κ1) is 14.2. The number of nitrogens with one attached hydrogen (secondary N) is 1. The number of carbonyl (C=O) groups excluding carboxylic acids is 1. The van der Waals surface area contributed by atoms with Crippen molar-refractivity contribution < 1.29 is 14.6 Å². The van der Waals surface area contributed by atoms with Gasteiger partial charge in [0.25, 0.3) is 0 Å². The van der Waals surface area contributed by atoms with Crippen LogP contribution in [0.25, 0.3) is 0 Å². The predicted octanol–water partition coefficient (Wildman–Crippen LogP) is 1.92. The molecule has 2 N–H and O–H groups in total. The average molecular weight is 217 g/mol. The maximum atomic E-state index is 11.4. The van der Waals surface area contributed by atoms with E-state index in [-0.39, 0.29) is 18.6 Å². The van der Waals surface area contributed by atoms with Gasteiger partial charge in [-0.25, -0.2) is 4.79 Å². The van der Waals surface area contributed by atoms with Crippen molar-refractivity contribution in [2.24, 2.45) is 5.92 Å². The molecule has 15 heavy (non-hydrogen) atoms. The van der Waals surface area contributed by atoms with Crippen LogP contribution in [0.2, 0.25) is 0 Å². The number of aliphatic hydroxyl groups is 1. The Hall–Kier alpha value is -0.770. The molecule has 4 nitrogen and oxygen atoms in total. The highest BCUT2D eigenvalue weighted by Crippen LogP contribution is 2.10. The average Bonchev–Trinajstić information content (AvgIpc) is 1.99. The summed E-state index contributed by atoms with van der Waals surface area (Å²) in [7, 11) is 0. The molecule has 0 bridgehead atoms. The van der Waals surface area contributed by atoms with Crippen LogP contribution >= 0.6 is 0 Å². The normalized spacial score (nSPS) is 13.8. The molecule has 0 aromatic heterocycles. The van der Waals surface area contributed by atoms with Crippen LogP contribution in [0, 0.1) is 5.92 Å². The Morgan fingerprint density at radius 3 is 2.27 bits per heavy atom. The van der Waals surface area contributed by atoms with Gasteiger partial charge in [-0.15, -0.1) is 0 Å². The summed E-state index contributed by atoms with van der Waals surface area (Å²) in [5.41, 5.74) is -0.481. The molecule has 0 heterocycles. The third-order valence-electron chi connectivity index (χ3n) is 1.95. The molecule has 0 rings (SSSR count). The Kier molecular flexibility index (Phi) is 5.65. The molecular formula is C11H23NO3. The van der Waals surface area contributed by atoms with Gasteiger partial charge in [-0.1, -0.05) is 13.8 Å². The van der Waals surface area contributed by atoms with Gasteiger partial charge < -0.3 is 15.2 Å². The molecule has 0 saturated heterocycles. The number of alkyl carbamates (subject to hydrolysis) is 1. The van der Waals surface area contributed by atoms with Crippen molar-refractivity contribution in [1.29, 1.82) is 0 Å². The van der Waals surface area contributed by atoms with Gasteiger partial charge in [0.2, 0.25) is 0 Å². The second-order valence-electron chi connectivity index (χ2n) is 5.01. The standard InChI is InChI=1S/C11H23NO3/c1-8(2)9(6-7-13)12-10(14)15-11(3,4)5/h8-9,13H,6-7H2,1-5H3,(H,12,14). The lowest BCUT2D eigenvalue weighted by atomic mass is 10.0. The van der Waals surface area contributed by atoms with Crippen molar-refractivity contribution in [3.63, 3.8) is 0 Å². The number of carbonyl (C=O) groups is 1. The van der Waals surface area contributed by atoms with Gasteiger partial charge in [0.15, 0.2) is 0 Å². The highest BCUT2D eigenvalue weighted by molar-refractivity contribution is 5.68. The van der Waals surface area contributed by atoms with Crippen LogP contribution in [0.3, 0.4) is 0 Å². The zero-order valence-electron chi connectivity index (χ0n) is 10.3. The number of rotatable bonds is 4. The fourth-order valence-corrected chi connectivity index (χ4v) is 1.17. The summed E-state index contributed by atoms with van der Waals surface area (Å²) in [4.78, 5) is 11.4. The summed E-state index contributed by atoms with van der Waals surface area (Å²) < 4.78 is 5.13. The minimum atomic E-state index is -0.481. The predicted molar refractivity (Wildman–Crippen MR) is 59.7 cm³/mol. The van der Waals surface area contributed by atoms with Crippen LogP contribution in [-0.2, 0) is 4.74 Å². The molecule has 1 atom stereocenters. The zero-order valence-corrected chi connectivity index (χ0v) is 10.3. The lowest BCUT2D eigenvalue weighted by Gasteiger charge is -2.25. The van der Waals surface area contributed by atoms with E-state index < -0.39 is 11.7 Å². The summed E-state index contributed by atoms with van der Waals surface area (Å²) in [6.07, 6.45) is 0.131. The molecule has 1 unspecified atom stereocenters. The second kappa shape index (κ2) is 5.95. The van der Waals surface area contributed by atoms with Crippen LogP contribution in [-0.4, -0.2) is 29.4 Å². The van der Waals surface area contributed by atoms with E-state index >= 15 is 0 Å². The first-order valence-electron chi connectivity index (χ1n) is 5.36. The van der Waals surface area contributed by atoms with Gasteiger partial charge in [0.05, 0.1) is 0 Å². The molecular weight excluding hydrogens is 194 g/mol. The molecule has 90 valence electrons. The Morgan fingerprint density at radius 1 is 1.40 bits per heavy atom. The van der Waals surface area contributed by atoms with Crippen LogP contribution in [0.15, 0.2) is 0 Å². The molecule has 0 aliphatic carbocycles. The van der Waals surface area contributed by atoms with E-state index in [1.54, 1.807) is 0 Å². The van der Waals surface area contributed by atoms with Gasteiger partial charge in [0.1, 0.15) is 5.60 Å². The molecule has 0 aromatic carbocycles. The maximum absolute atomic E-state index is 11.4. The Morgan fingerprint density at radius 2 is 1.93 bits per heavy atom. The SMILES string of the molecule is CC(C)C(CCO)NC(=O)OC(C)(C)C. The Bertz CT molecular complexity index is 196. The summed E-state index contributed by atoms with van der Waals surface area (Å²) in [6, 6.07) is -0.0372. The van der Waals surface area contributed by atoms with E-state index in [0.29, 0.717) is 6.42 Å². The number of amides is 1. The van der Waals surface area contributed by atoms with Crippen molar-refractivity contribution in [3.05, 3.63) is 0 Å². The topological polar surface area (TPSA) is 58.6 Å². The highest BCUT2D eigenvalue weighted by atomic mass is 16.6. The van der Waals surface area contributed by atoms with Crippen LogP contribution < -0.4 is 5.32 Å². The fourth-order valence-electron chi connectivity index (χ4n) is 1.17.